The maximum absolute atomic E-state index is 12.4. The van der Waals surface area contributed by atoms with E-state index in [-0.39, 0.29) is 30.1 Å². The first kappa shape index (κ1) is 19.0. The van der Waals surface area contributed by atoms with Gasteiger partial charge in [0, 0.05) is 31.2 Å². The Hall–Kier alpha value is -1.30. The Balaban J connectivity index is 1.88. The van der Waals surface area contributed by atoms with Crippen molar-refractivity contribution in [1.29, 1.82) is 0 Å². The number of ether oxygens (including phenoxy) is 2. The van der Waals surface area contributed by atoms with Gasteiger partial charge in [-0.2, -0.15) is 0 Å². The summed E-state index contributed by atoms with van der Waals surface area (Å²) < 4.78 is 10.6. The van der Waals surface area contributed by atoms with Crippen LogP contribution in [0.1, 0.15) is 54.4 Å². The predicted molar refractivity (Wildman–Crippen MR) is 91.7 cm³/mol. The van der Waals surface area contributed by atoms with E-state index >= 15 is 0 Å². The van der Waals surface area contributed by atoms with Gasteiger partial charge in [0.15, 0.2) is 0 Å². The monoisotopic (exact) mass is 340 g/mol. The first-order chi connectivity index (χ1) is 11.1. The lowest BCUT2D eigenvalue weighted by molar-refractivity contribution is -0.154. The molecule has 1 heterocycles. The van der Waals surface area contributed by atoms with Gasteiger partial charge in [-0.25, -0.2) is 4.79 Å². The second-order valence-electron chi connectivity index (χ2n) is 8.11. The van der Waals surface area contributed by atoms with E-state index < -0.39 is 5.60 Å². The fourth-order valence-electron chi connectivity index (χ4n) is 3.67. The van der Waals surface area contributed by atoms with Crippen molar-refractivity contribution in [3.8, 4) is 0 Å². The standard InChI is InChI=1S/C18H32N2O4/c1-7-23-16(21)14-8-15(9-14)19-10-12(2)20(13(3)11-19)17(22)24-18(4,5)6/h12-15H,7-11H2,1-6H3/t12-,13?,14?,15?/m0/s1. The summed E-state index contributed by atoms with van der Waals surface area (Å²) in [6.07, 6.45) is 1.50. The second-order valence-corrected chi connectivity index (χ2v) is 8.11. The first-order valence-corrected chi connectivity index (χ1v) is 9.04. The summed E-state index contributed by atoms with van der Waals surface area (Å²) in [7, 11) is 0. The molecule has 1 aliphatic carbocycles. The lowest BCUT2D eigenvalue weighted by Gasteiger charge is -2.50. The summed E-state index contributed by atoms with van der Waals surface area (Å²) in [6.45, 7) is 13.7. The minimum Gasteiger partial charge on any atom is -0.466 e. The van der Waals surface area contributed by atoms with Gasteiger partial charge < -0.3 is 14.4 Å². The molecule has 2 fully saturated rings. The molecule has 24 heavy (non-hydrogen) atoms. The van der Waals surface area contributed by atoms with Gasteiger partial charge in [-0.1, -0.05) is 0 Å². The van der Waals surface area contributed by atoms with Gasteiger partial charge in [-0.3, -0.25) is 9.69 Å². The maximum atomic E-state index is 12.4. The SMILES string of the molecule is CCOC(=O)C1CC(N2CC(C)N(C(=O)OC(C)(C)C)[C@@H](C)C2)C1. The zero-order valence-electron chi connectivity index (χ0n) is 15.9. The smallest absolute Gasteiger partial charge is 0.410 e. The molecular formula is C18H32N2O4. The topological polar surface area (TPSA) is 59.1 Å². The van der Waals surface area contributed by atoms with Crippen molar-refractivity contribution in [3.05, 3.63) is 0 Å². The van der Waals surface area contributed by atoms with Gasteiger partial charge in [-0.05, 0) is 54.4 Å². The molecule has 0 aromatic heterocycles. The van der Waals surface area contributed by atoms with Crippen molar-refractivity contribution in [2.75, 3.05) is 19.7 Å². The average molecular weight is 340 g/mol. The lowest BCUT2D eigenvalue weighted by atomic mass is 9.78. The van der Waals surface area contributed by atoms with Gasteiger partial charge in [0.1, 0.15) is 5.60 Å². The Kier molecular flexibility index (Phi) is 5.78. The molecule has 1 saturated carbocycles. The van der Waals surface area contributed by atoms with E-state index in [1.807, 2.05) is 32.6 Å². The fourth-order valence-corrected chi connectivity index (χ4v) is 3.67. The molecule has 1 saturated heterocycles. The molecule has 0 spiro atoms. The summed E-state index contributed by atoms with van der Waals surface area (Å²) in [5.74, 6) is -0.0216. The molecule has 0 aromatic rings. The summed E-state index contributed by atoms with van der Waals surface area (Å²) in [6, 6.07) is 0.626. The highest BCUT2D eigenvalue weighted by Crippen LogP contribution is 2.35. The zero-order chi connectivity index (χ0) is 18.1. The molecule has 138 valence electrons. The number of nitrogens with zero attached hydrogens (tertiary/aromatic N) is 2. The van der Waals surface area contributed by atoms with Gasteiger partial charge in [0.05, 0.1) is 12.5 Å². The molecule has 2 rings (SSSR count). The van der Waals surface area contributed by atoms with Crippen LogP contribution < -0.4 is 0 Å². The summed E-state index contributed by atoms with van der Waals surface area (Å²) in [5, 5.41) is 0. The third kappa shape index (κ3) is 4.41. The summed E-state index contributed by atoms with van der Waals surface area (Å²) in [4.78, 5) is 28.4. The number of esters is 1. The number of carbonyl (C=O) groups excluding carboxylic acids is 2. The van der Waals surface area contributed by atoms with Crippen LogP contribution in [0.2, 0.25) is 0 Å². The van der Waals surface area contributed by atoms with Crippen LogP contribution in [-0.4, -0.2) is 65.3 Å². The quantitative estimate of drug-likeness (QED) is 0.739. The molecule has 0 aromatic carbocycles. The van der Waals surface area contributed by atoms with Crippen molar-refractivity contribution < 1.29 is 19.1 Å². The normalized spacial score (nSPS) is 31.3. The highest BCUT2D eigenvalue weighted by atomic mass is 16.6. The van der Waals surface area contributed by atoms with Crippen LogP contribution in [0.5, 0.6) is 0 Å². The van der Waals surface area contributed by atoms with Crippen LogP contribution in [-0.2, 0) is 14.3 Å². The van der Waals surface area contributed by atoms with Gasteiger partial charge >= 0.3 is 12.1 Å². The highest BCUT2D eigenvalue weighted by molar-refractivity contribution is 5.73. The molecule has 6 heteroatoms. The predicted octanol–water partition coefficient (Wildman–Crippen LogP) is 2.66. The Morgan fingerprint density at radius 3 is 2.08 bits per heavy atom. The third-order valence-corrected chi connectivity index (χ3v) is 4.80. The van der Waals surface area contributed by atoms with E-state index in [1.165, 1.54) is 0 Å². The Bertz CT molecular complexity index is 456. The second kappa shape index (κ2) is 7.30. The molecule has 0 radical (unpaired) electrons. The van der Waals surface area contributed by atoms with E-state index in [4.69, 9.17) is 9.47 Å². The molecule has 1 unspecified atom stereocenters. The van der Waals surface area contributed by atoms with Gasteiger partial charge in [0.25, 0.3) is 0 Å². The zero-order valence-corrected chi connectivity index (χ0v) is 15.9. The minimum absolute atomic E-state index is 0.0458. The molecule has 1 aliphatic heterocycles. The maximum Gasteiger partial charge on any atom is 0.410 e. The Labute approximate surface area is 145 Å². The van der Waals surface area contributed by atoms with Crippen LogP contribution in [0, 0.1) is 5.92 Å². The van der Waals surface area contributed by atoms with E-state index in [0.717, 1.165) is 25.9 Å². The van der Waals surface area contributed by atoms with Gasteiger partial charge in [0.2, 0.25) is 0 Å². The number of hydrogen-bond donors (Lipinski definition) is 0. The molecule has 6 nitrogen and oxygen atoms in total. The molecule has 2 atom stereocenters. The Morgan fingerprint density at radius 1 is 1.08 bits per heavy atom. The van der Waals surface area contributed by atoms with E-state index in [0.29, 0.717) is 12.6 Å². The van der Waals surface area contributed by atoms with E-state index in [2.05, 4.69) is 18.7 Å². The van der Waals surface area contributed by atoms with Crippen LogP contribution in [0.25, 0.3) is 0 Å². The minimum atomic E-state index is -0.478. The molecule has 2 aliphatic rings. The largest absolute Gasteiger partial charge is 0.466 e. The number of rotatable bonds is 3. The fraction of sp³-hybridized carbons (Fsp3) is 0.889. The van der Waals surface area contributed by atoms with Crippen LogP contribution >= 0.6 is 0 Å². The molecule has 1 amide bonds. The van der Waals surface area contributed by atoms with Crippen LogP contribution in [0.3, 0.4) is 0 Å². The Morgan fingerprint density at radius 2 is 1.62 bits per heavy atom. The van der Waals surface area contributed by atoms with Crippen LogP contribution in [0.4, 0.5) is 4.79 Å². The van der Waals surface area contributed by atoms with E-state index in [1.54, 1.807) is 0 Å². The van der Waals surface area contributed by atoms with Crippen molar-refractivity contribution in [3.63, 3.8) is 0 Å². The summed E-state index contributed by atoms with van der Waals surface area (Å²) in [5.41, 5.74) is -0.478. The molecule has 0 N–H and O–H groups in total. The van der Waals surface area contributed by atoms with Crippen molar-refractivity contribution in [2.45, 2.75) is 78.1 Å². The number of piperazine rings is 1. The number of hydrogen-bond acceptors (Lipinski definition) is 5. The number of amides is 1. The van der Waals surface area contributed by atoms with E-state index in [9.17, 15) is 9.59 Å². The molecular weight excluding hydrogens is 308 g/mol. The van der Waals surface area contributed by atoms with Crippen molar-refractivity contribution >= 4 is 12.1 Å². The molecule has 0 bridgehead atoms. The van der Waals surface area contributed by atoms with Gasteiger partial charge in [-0.15, -0.1) is 0 Å². The first-order valence-electron chi connectivity index (χ1n) is 9.04. The van der Waals surface area contributed by atoms with Crippen molar-refractivity contribution in [1.82, 2.24) is 9.80 Å². The van der Waals surface area contributed by atoms with Crippen molar-refractivity contribution in [2.24, 2.45) is 5.92 Å². The summed E-state index contributed by atoms with van der Waals surface area (Å²) >= 11 is 0. The number of carbonyl (C=O) groups is 2. The highest BCUT2D eigenvalue weighted by Gasteiger charge is 2.43. The third-order valence-electron chi connectivity index (χ3n) is 4.80. The average Bonchev–Trinajstić information content (AvgIpc) is 2.33. The lowest BCUT2D eigenvalue weighted by Crippen LogP contribution is -2.63. The van der Waals surface area contributed by atoms with Crippen LogP contribution in [0.15, 0.2) is 0 Å².